The lowest BCUT2D eigenvalue weighted by Gasteiger charge is -2.49. The molecule has 2 aliphatic heterocycles. The maximum absolute atomic E-state index is 13.2. The minimum Gasteiger partial charge on any atom is -0.478 e. The van der Waals surface area contributed by atoms with E-state index in [1.807, 2.05) is 36.1 Å². The van der Waals surface area contributed by atoms with Gasteiger partial charge in [-0.1, -0.05) is 5.16 Å². The van der Waals surface area contributed by atoms with Crippen molar-refractivity contribution in [2.75, 3.05) is 17.2 Å². The number of rotatable bonds is 10. The number of carbonyl (C=O) groups excluding carboxylic acids is 2. The van der Waals surface area contributed by atoms with E-state index in [-0.39, 0.29) is 22.2 Å². The molecule has 0 radical (unpaired) electrons. The molecule has 0 spiro atoms. The Morgan fingerprint density at radius 1 is 1.33 bits per heavy atom. The van der Waals surface area contributed by atoms with Crippen LogP contribution in [-0.2, 0) is 31.1 Å². The van der Waals surface area contributed by atoms with Gasteiger partial charge in [0.05, 0.1) is 0 Å². The molecule has 2 aromatic heterocycles. The maximum Gasteiger partial charge on any atom is 0.352 e. The van der Waals surface area contributed by atoms with Crippen molar-refractivity contribution in [3.63, 3.8) is 0 Å². The second kappa shape index (κ2) is 11.2. The van der Waals surface area contributed by atoms with Gasteiger partial charge in [0.1, 0.15) is 29.9 Å². The number of nitrogen functional groups attached to an aromatic ring is 1. The number of hydrogen-bond donors (Lipinski definition) is 4. The number of aliphatic carboxylic acids is 2. The number of nitrogens with zero attached hydrogens (tertiary/aromatic N) is 4. The summed E-state index contributed by atoms with van der Waals surface area (Å²) in [5.41, 5.74) is 4.11. The summed E-state index contributed by atoms with van der Waals surface area (Å²) >= 11 is 3.84. The number of nitrogens with two attached hydrogens (primary N) is 1. The van der Waals surface area contributed by atoms with Gasteiger partial charge < -0.3 is 26.1 Å². The largest absolute Gasteiger partial charge is 0.478 e. The van der Waals surface area contributed by atoms with Gasteiger partial charge in [-0.15, -0.1) is 34.9 Å². The third-order valence-corrected chi connectivity index (χ3v) is 8.87. The molecule has 2 atom stereocenters. The fraction of sp³-hybridized carbons (Fsp3) is 0.348. The Morgan fingerprint density at radius 2 is 2.03 bits per heavy atom. The van der Waals surface area contributed by atoms with E-state index in [4.69, 9.17) is 10.6 Å². The Hall–Kier alpha value is -3.63. The van der Waals surface area contributed by atoms with Crippen LogP contribution in [0.2, 0.25) is 0 Å². The van der Waals surface area contributed by atoms with E-state index in [1.165, 1.54) is 47.7 Å². The summed E-state index contributed by atoms with van der Waals surface area (Å²) in [6, 6.07) is 2.80. The van der Waals surface area contributed by atoms with Crippen LogP contribution in [0.4, 0.5) is 5.13 Å². The number of pyridine rings is 1. The van der Waals surface area contributed by atoms with Gasteiger partial charge in [0.25, 0.3) is 11.8 Å². The summed E-state index contributed by atoms with van der Waals surface area (Å²) in [6.45, 7) is 2.51. The monoisotopic (exact) mass is 593 g/mol. The molecule has 0 bridgehead atoms. The average molecular weight is 594 g/mol. The predicted molar refractivity (Wildman–Crippen MR) is 144 cm³/mol. The van der Waals surface area contributed by atoms with Crippen molar-refractivity contribution in [3.05, 3.63) is 46.9 Å². The molecule has 0 saturated carbocycles. The smallest absolute Gasteiger partial charge is 0.352 e. The lowest BCUT2D eigenvalue weighted by molar-refractivity contribution is -0.671. The Morgan fingerprint density at radius 3 is 2.62 bits per heavy atom. The normalized spacial score (nSPS) is 19.3. The molecule has 4 rings (SSSR count). The Labute approximate surface area is 235 Å². The summed E-state index contributed by atoms with van der Waals surface area (Å²) in [5.74, 6) is -3.23. The number of thiazole rings is 1. The molecule has 0 unspecified atom stereocenters. The molecule has 206 valence electrons. The van der Waals surface area contributed by atoms with Gasteiger partial charge in [-0.3, -0.25) is 14.5 Å². The summed E-state index contributed by atoms with van der Waals surface area (Å²) in [5, 5.41) is 26.4. The fourth-order valence-electron chi connectivity index (χ4n) is 3.56. The van der Waals surface area contributed by atoms with Gasteiger partial charge in [-0.05, 0) is 19.4 Å². The molecule has 2 aliphatic rings. The number of amides is 2. The van der Waals surface area contributed by atoms with Crippen molar-refractivity contribution in [2.24, 2.45) is 12.2 Å². The standard InChI is InChI=1S/C23H24N6O7S3/c1-23(2,21(34)35)36-27-14(13-10-39-22(24)25-13)17(30)26-15-18(31)29-16(20(32)33)11(9-38-19(15)29)8-37-12-4-6-28(3)7-5-12/h4-7,10,15,19H,8-9H2,1-3H3,(H4-,24,25,26,30,32,33,34,35)/p+1/b27-14-/t15-,19-/m1/s1. The Kier molecular flexibility index (Phi) is 8.17. The number of hydrogen-bond acceptors (Lipinski definition) is 11. The van der Waals surface area contributed by atoms with Crippen LogP contribution in [0.15, 0.2) is 51.2 Å². The first-order chi connectivity index (χ1) is 18.4. The number of β-lactam (4-membered cyclic amide) rings is 1. The van der Waals surface area contributed by atoms with Crippen LogP contribution in [0.1, 0.15) is 19.5 Å². The second-order valence-corrected chi connectivity index (χ2v) is 12.1. The molecule has 4 heterocycles. The summed E-state index contributed by atoms with van der Waals surface area (Å²) in [6.07, 6.45) is 3.77. The minimum absolute atomic E-state index is 0.0380. The summed E-state index contributed by atoms with van der Waals surface area (Å²) < 4.78 is 1.89. The first-order valence-electron chi connectivity index (χ1n) is 11.4. The van der Waals surface area contributed by atoms with E-state index in [1.54, 1.807) is 0 Å². The van der Waals surface area contributed by atoms with Crippen LogP contribution in [0, 0.1) is 0 Å². The maximum atomic E-state index is 13.2. The number of aromatic nitrogens is 2. The zero-order valence-corrected chi connectivity index (χ0v) is 23.4. The van der Waals surface area contributed by atoms with Gasteiger partial charge in [-0.25, -0.2) is 19.1 Å². The summed E-state index contributed by atoms with van der Waals surface area (Å²) in [7, 11) is 1.90. The number of carboxylic acid groups (broad SMARTS) is 2. The van der Waals surface area contributed by atoms with Crippen molar-refractivity contribution < 1.29 is 38.8 Å². The highest BCUT2D eigenvalue weighted by atomic mass is 32.2. The van der Waals surface area contributed by atoms with Gasteiger partial charge >= 0.3 is 11.9 Å². The molecule has 39 heavy (non-hydrogen) atoms. The Bertz CT molecular complexity index is 1390. The Balaban J connectivity index is 1.51. The number of anilines is 1. The van der Waals surface area contributed by atoms with Crippen molar-refractivity contribution in [1.82, 2.24) is 15.2 Å². The van der Waals surface area contributed by atoms with E-state index in [9.17, 15) is 29.4 Å². The van der Waals surface area contributed by atoms with Gasteiger partial charge in [0.15, 0.2) is 23.2 Å². The first-order valence-corrected chi connectivity index (χ1v) is 14.3. The number of aryl methyl sites for hydroxylation is 1. The predicted octanol–water partition coefficient (Wildman–Crippen LogP) is 0.665. The fourth-order valence-corrected chi connectivity index (χ4v) is 6.47. The van der Waals surface area contributed by atoms with E-state index >= 15 is 0 Å². The van der Waals surface area contributed by atoms with Crippen LogP contribution < -0.4 is 15.6 Å². The number of carbonyl (C=O) groups is 4. The summed E-state index contributed by atoms with van der Waals surface area (Å²) in [4.78, 5) is 61.0. The van der Waals surface area contributed by atoms with E-state index in [2.05, 4.69) is 15.5 Å². The number of nitrogens with one attached hydrogen (secondary N) is 1. The minimum atomic E-state index is -1.75. The van der Waals surface area contributed by atoms with E-state index in [0.717, 1.165) is 16.2 Å². The van der Waals surface area contributed by atoms with Gasteiger partial charge in [-0.2, -0.15) is 0 Å². The molecule has 2 amide bonds. The van der Waals surface area contributed by atoms with Crippen molar-refractivity contribution >= 4 is 69.5 Å². The van der Waals surface area contributed by atoms with Gasteiger partial charge in [0.2, 0.25) is 5.60 Å². The molecule has 1 fully saturated rings. The third-order valence-electron chi connectivity index (χ3n) is 5.76. The van der Waals surface area contributed by atoms with Crippen LogP contribution >= 0.6 is 34.9 Å². The molecule has 2 aromatic rings. The topological polar surface area (TPSA) is 188 Å². The van der Waals surface area contributed by atoms with Crippen LogP contribution in [0.3, 0.4) is 0 Å². The zero-order valence-electron chi connectivity index (χ0n) is 21.0. The highest BCUT2D eigenvalue weighted by Crippen LogP contribution is 2.41. The molecule has 0 aromatic carbocycles. The quantitative estimate of drug-likeness (QED) is 0.0996. The SMILES string of the molecule is C[n+]1ccc(SCC2=C(C(=O)O)N3C(=O)[C@@H](NC(=O)/C(=N\OC(C)(C)C(=O)O)c4csc(N)n4)[C@H]3SC2)cc1. The first kappa shape index (κ1) is 28.4. The lowest BCUT2D eigenvalue weighted by atomic mass is 10.0. The molecule has 13 nitrogen and oxygen atoms in total. The van der Waals surface area contributed by atoms with Crippen molar-refractivity contribution in [1.29, 1.82) is 0 Å². The van der Waals surface area contributed by atoms with Crippen LogP contribution in [-0.4, -0.2) is 78.1 Å². The molecule has 0 aliphatic carbocycles. The van der Waals surface area contributed by atoms with E-state index < -0.39 is 40.8 Å². The van der Waals surface area contributed by atoms with E-state index in [0.29, 0.717) is 17.1 Å². The number of carboxylic acids is 2. The highest BCUT2D eigenvalue weighted by Gasteiger charge is 2.54. The average Bonchev–Trinajstić information content (AvgIpc) is 3.31. The lowest BCUT2D eigenvalue weighted by Crippen LogP contribution is -2.71. The molecule has 5 N–H and O–H groups in total. The number of oxime groups is 1. The van der Waals surface area contributed by atoms with Crippen LogP contribution in [0.5, 0.6) is 0 Å². The van der Waals surface area contributed by atoms with Crippen LogP contribution in [0.25, 0.3) is 0 Å². The highest BCUT2D eigenvalue weighted by molar-refractivity contribution is 8.01. The van der Waals surface area contributed by atoms with Gasteiger partial charge in [0, 0.05) is 33.9 Å². The van der Waals surface area contributed by atoms with Crippen molar-refractivity contribution in [3.8, 4) is 0 Å². The van der Waals surface area contributed by atoms with Crippen molar-refractivity contribution in [2.45, 2.75) is 35.8 Å². The second-order valence-electron chi connectivity index (χ2n) is 9.02. The molecule has 16 heteroatoms. The molecule has 1 saturated heterocycles. The zero-order chi connectivity index (χ0) is 28.5. The molecular formula is C23H25N6O7S3+. The third kappa shape index (κ3) is 6.02. The number of fused-ring (bicyclic) bond motifs is 1. The number of thioether (sulfide) groups is 2. The molecular weight excluding hydrogens is 568 g/mol.